The maximum atomic E-state index is 12.7. The lowest BCUT2D eigenvalue weighted by Crippen LogP contribution is -2.44. The first-order valence-electron chi connectivity index (χ1n) is 9.12. The monoisotopic (exact) mass is 427 g/mol. The lowest BCUT2D eigenvalue weighted by molar-refractivity contribution is -0.308. The molecule has 3 fully saturated rings. The summed E-state index contributed by atoms with van der Waals surface area (Å²) in [5, 5.41) is -1.41. The number of hydrogen-bond donors (Lipinski definition) is 0. The van der Waals surface area contributed by atoms with E-state index in [1.807, 2.05) is 0 Å². The molecule has 0 aromatic heterocycles. The minimum atomic E-state index is -5.24. The quantitative estimate of drug-likeness (QED) is 0.499. The van der Waals surface area contributed by atoms with Crippen molar-refractivity contribution in [3.8, 4) is 0 Å². The van der Waals surface area contributed by atoms with E-state index in [1.54, 1.807) is 0 Å². The second kappa shape index (κ2) is 7.62. The number of hydrogen-bond acceptors (Lipinski definition) is 7. The zero-order valence-corrected chi connectivity index (χ0v) is 15.6. The lowest BCUT2D eigenvalue weighted by Gasteiger charge is -2.29. The molecule has 0 spiro atoms. The van der Waals surface area contributed by atoms with Gasteiger partial charge in [0.15, 0.2) is 0 Å². The van der Waals surface area contributed by atoms with E-state index in [-0.39, 0.29) is 17.9 Å². The Hall–Kier alpha value is -1.69. The van der Waals surface area contributed by atoms with Gasteiger partial charge in [0.2, 0.25) is 0 Å². The second-order valence-electron chi connectivity index (χ2n) is 7.33. The number of ether oxygens (including phenoxy) is 1. The molecule has 0 radical (unpaired) electrons. The molecule has 4 atom stereocenters. The Morgan fingerprint density at radius 3 is 1.96 bits per heavy atom. The second-order valence-corrected chi connectivity index (χ2v) is 9.07. The number of esters is 1. The van der Waals surface area contributed by atoms with E-state index >= 15 is 0 Å². The topological polar surface area (TPSA) is 107 Å². The molecule has 2 aliphatic carbocycles. The number of carbonyl (C=O) groups is 3. The van der Waals surface area contributed by atoms with Crippen molar-refractivity contribution in [2.45, 2.75) is 63.0 Å². The van der Waals surface area contributed by atoms with Crippen LogP contribution in [0.5, 0.6) is 0 Å². The number of hydroxylamine groups is 2. The number of rotatable bonds is 4. The van der Waals surface area contributed by atoms with Gasteiger partial charge in [0.25, 0.3) is 21.9 Å². The summed E-state index contributed by atoms with van der Waals surface area (Å²) >= 11 is 0. The molecule has 0 aromatic carbocycles. The Morgan fingerprint density at radius 1 is 0.929 bits per heavy atom. The highest BCUT2D eigenvalue weighted by Gasteiger charge is 2.53. The molecule has 8 nitrogen and oxygen atoms in total. The average molecular weight is 427 g/mol. The van der Waals surface area contributed by atoms with Crippen LogP contribution in [0.4, 0.5) is 13.2 Å². The van der Waals surface area contributed by atoms with Crippen molar-refractivity contribution in [1.82, 2.24) is 5.06 Å². The molecule has 1 aliphatic heterocycles. The third-order valence-electron chi connectivity index (χ3n) is 5.57. The van der Waals surface area contributed by atoms with E-state index in [0.29, 0.717) is 25.7 Å². The van der Waals surface area contributed by atoms with Gasteiger partial charge in [-0.25, -0.2) is 0 Å². The average Bonchev–Trinajstić information content (AvgIpc) is 2.85. The molecule has 0 aromatic rings. The van der Waals surface area contributed by atoms with Crippen LogP contribution in [0.2, 0.25) is 0 Å². The summed E-state index contributed by atoms with van der Waals surface area (Å²) in [4.78, 5) is 36.6. The first-order chi connectivity index (χ1) is 13.0. The largest absolute Gasteiger partial charge is 0.575 e. The van der Waals surface area contributed by atoms with E-state index in [4.69, 9.17) is 4.28 Å². The first-order valence-corrected chi connectivity index (χ1v) is 10.6. The van der Waals surface area contributed by atoms with E-state index in [2.05, 4.69) is 4.74 Å². The summed E-state index contributed by atoms with van der Waals surface area (Å²) < 4.78 is 70.6. The number of nitrogens with zero attached hydrogens (tertiary/aromatic N) is 1. The van der Waals surface area contributed by atoms with Crippen molar-refractivity contribution in [2.24, 2.45) is 17.8 Å². The predicted octanol–water partition coefficient (Wildman–Crippen LogP) is 2.04. The summed E-state index contributed by atoms with van der Waals surface area (Å²) in [6, 6.07) is 0. The van der Waals surface area contributed by atoms with Gasteiger partial charge < -0.3 is 4.74 Å². The molecule has 0 N–H and O–H groups in total. The fraction of sp³-hybridized carbons (Fsp3) is 0.812. The molecule has 28 heavy (non-hydrogen) atoms. The highest BCUT2D eigenvalue weighted by atomic mass is 32.2. The van der Waals surface area contributed by atoms with Crippen molar-refractivity contribution in [3.05, 3.63) is 0 Å². The molecule has 1 saturated heterocycles. The number of alkyl halides is 3. The number of halogens is 3. The minimum absolute atomic E-state index is 0.130. The van der Waals surface area contributed by atoms with Gasteiger partial charge in [-0.2, -0.15) is 8.42 Å². The highest BCUT2D eigenvalue weighted by molar-refractivity contribution is 7.87. The minimum Gasteiger partial charge on any atom is -0.373 e. The van der Waals surface area contributed by atoms with Crippen LogP contribution in [0, 0.1) is 17.8 Å². The summed E-state index contributed by atoms with van der Waals surface area (Å²) in [7, 11) is -4.71. The highest BCUT2D eigenvalue weighted by Crippen LogP contribution is 2.40. The molecule has 0 bridgehead atoms. The van der Waals surface area contributed by atoms with Crippen LogP contribution in [0.15, 0.2) is 0 Å². The molecule has 12 heteroatoms. The molecule has 4 unspecified atom stereocenters. The fourth-order valence-corrected chi connectivity index (χ4v) is 5.84. The molecule has 158 valence electrons. The number of imide groups is 1. The summed E-state index contributed by atoms with van der Waals surface area (Å²) in [6.45, 7) is 0. The van der Waals surface area contributed by atoms with Crippen LogP contribution in [0.25, 0.3) is 0 Å². The molecule has 1 heterocycles. The van der Waals surface area contributed by atoms with E-state index in [0.717, 1.165) is 12.8 Å². The van der Waals surface area contributed by atoms with Crippen LogP contribution in [0.3, 0.4) is 0 Å². The Labute approximate surface area is 159 Å². The van der Waals surface area contributed by atoms with Gasteiger partial charge in [-0.05, 0) is 25.7 Å². The maximum Gasteiger partial charge on any atom is 0.575 e. The fourth-order valence-electron chi connectivity index (χ4n) is 4.27. The molecule has 3 aliphatic rings. The van der Waals surface area contributed by atoms with Gasteiger partial charge in [0, 0.05) is 0 Å². The van der Waals surface area contributed by atoms with Gasteiger partial charge in [-0.3, -0.25) is 14.4 Å². The predicted molar refractivity (Wildman–Crippen MR) is 85.2 cm³/mol. The Morgan fingerprint density at radius 2 is 1.43 bits per heavy atom. The molecule has 3 rings (SSSR count). The standard InChI is InChI=1S/C16H20F3NO7S/c17-16(18,19)26-15(23)11-7-3-4-8-12(11)28(24,25)27-20-13(21)9-5-1-2-6-10(9)14(20)22/h9-12H,1-8H2. The molecule has 2 amide bonds. The van der Waals surface area contributed by atoms with Crippen LogP contribution in [0.1, 0.15) is 51.4 Å². The van der Waals surface area contributed by atoms with Crippen LogP contribution >= 0.6 is 0 Å². The molecular weight excluding hydrogens is 407 g/mol. The lowest BCUT2D eigenvalue weighted by atomic mass is 9.81. The summed E-state index contributed by atoms with van der Waals surface area (Å²) in [5.41, 5.74) is 0. The zero-order valence-electron chi connectivity index (χ0n) is 14.8. The van der Waals surface area contributed by atoms with Crippen LogP contribution in [-0.2, 0) is 33.5 Å². The number of amides is 2. The summed E-state index contributed by atoms with van der Waals surface area (Å²) in [6.07, 6.45) is -2.47. The van der Waals surface area contributed by atoms with Gasteiger partial charge in [0.1, 0.15) is 5.25 Å². The summed E-state index contributed by atoms with van der Waals surface area (Å²) in [5.74, 6) is -6.11. The van der Waals surface area contributed by atoms with E-state index in [1.165, 1.54) is 0 Å². The Bertz CT molecular complexity index is 743. The van der Waals surface area contributed by atoms with Gasteiger partial charge in [-0.15, -0.1) is 22.5 Å². The van der Waals surface area contributed by atoms with Crippen molar-refractivity contribution in [3.63, 3.8) is 0 Å². The normalized spacial score (nSPS) is 31.6. The maximum absolute atomic E-state index is 12.7. The Balaban J connectivity index is 1.78. The van der Waals surface area contributed by atoms with Crippen molar-refractivity contribution in [1.29, 1.82) is 0 Å². The zero-order chi connectivity index (χ0) is 20.7. The van der Waals surface area contributed by atoms with Crippen molar-refractivity contribution < 1.29 is 45.0 Å². The van der Waals surface area contributed by atoms with Gasteiger partial charge >= 0.3 is 12.3 Å². The van der Waals surface area contributed by atoms with Crippen molar-refractivity contribution >= 4 is 27.9 Å². The SMILES string of the molecule is O=C(OC(F)(F)F)C1CCCCC1S(=O)(=O)ON1C(=O)C2CCCCC2C1=O. The van der Waals surface area contributed by atoms with E-state index < -0.39 is 57.3 Å². The third kappa shape index (κ3) is 4.17. The van der Waals surface area contributed by atoms with E-state index in [9.17, 15) is 36.0 Å². The number of carbonyl (C=O) groups excluding carboxylic acids is 3. The smallest absolute Gasteiger partial charge is 0.373 e. The first kappa shape index (κ1) is 21.0. The van der Waals surface area contributed by atoms with Crippen LogP contribution in [-0.4, -0.2) is 42.9 Å². The molecule has 2 saturated carbocycles. The number of fused-ring (bicyclic) bond motifs is 1. The third-order valence-corrected chi connectivity index (χ3v) is 7.23. The van der Waals surface area contributed by atoms with Crippen LogP contribution < -0.4 is 0 Å². The van der Waals surface area contributed by atoms with Gasteiger partial charge in [0.05, 0.1) is 17.8 Å². The van der Waals surface area contributed by atoms with Crippen molar-refractivity contribution in [2.75, 3.05) is 0 Å². The van der Waals surface area contributed by atoms with Gasteiger partial charge in [-0.1, -0.05) is 25.7 Å². The Kier molecular flexibility index (Phi) is 5.72. The molecular formula is C16H20F3NO7S.